The van der Waals surface area contributed by atoms with Crippen molar-refractivity contribution in [2.75, 3.05) is 5.73 Å². The van der Waals surface area contributed by atoms with Gasteiger partial charge < -0.3 is 16.6 Å². The molecule has 72 valence electrons. The van der Waals surface area contributed by atoms with Gasteiger partial charge in [0.05, 0.1) is 12.1 Å². The van der Waals surface area contributed by atoms with Crippen LogP contribution in [0, 0.1) is 6.92 Å². The number of hydrogen-bond donors (Lipinski definition) is 3. The third kappa shape index (κ3) is 2.20. The number of anilines is 1. The van der Waals surface area contributed by atoms with Crippen molar-refractivity contribution >= 4 is 5.69 Å². The lowest BCUT2D eigenvalue weighted by Gasteiger charge is -2.17. The Bertz CT molecular complexity index is 297. The highest BCUT2D eigenvalue weighted by Crippen LogP contribution is 2.22. The predicted molar refractivity (Wildman–Crippen MR) is 54.2 cm³/mol. The van der Waals surface area contributed by atoms with E-state index in [0.29, 0.717) is 5.69 Å². The van der Waals surface area contributed by atoms with Gasteiger partial charge in [0.2, 0.25) is 0 Å². The van der Waals surface area contributed by atoms with E-state index in [-0.39, 0.29) is 0 Å². The van der Waals surface area contributed by atoms with Crippen LogP contribution in [0.25, 0.3) is 0 Å². The van der Waals surface area contributed by atoms with Crippen molar-refractivity contribution < 1.29 is 5.11 Å². The number of aryl methyl sites for hydroxylation is 1. The summed E-state index contributed by atoms with van der Waals surface area (Å²) in [5, 5.41) is 9.31. The van der Waals surface area contributed by atoms with Gasteiger partial charge in [-0.2, -0.15) is 0 Å². The molecule has 1 aromatic rings. The van der Waals surface area contributed by atoms with Gasteiger partial charge in [0.25, 0.3) is 0 Å². The second-order valence-electron chi connectivity index (χ2n) is 3.40. The van der Waals surface area contributed by atoms with Crippen LogP contribution in [-0.2, 0) is 0 Å². The van der Waals surface area contributed by atoms with Gasteiger partial charge in [-0.1, -0.05) is 17.7 Å². The molecule has 2 atom stereocenters. The molecule has 0 aliphatic heterocycles. The van der Waals surface area contributed by atoms with E-state index in [1.165, 1.54) is 0 Å². The van der Waals surface area contributed by atoms with Crippen molar-refractivity contribution in [3.05, 3.63) is 29.3 Å². The first-order chi connectivity index (χ1) is 6.02. The smallest absolute Gasteiger partial charge is 0.0705 e. The van der Waals surface area contributed by atoms with E-state index in [1.807, 2.05) is 25.1 Å². The van der Waals surface area contributed by atoms with Gasteiger partial charge in [-0.3, -0.25) is 0 Å². The third-order valence-corrected chi connectivity index (χ3v) is 2.12. The number of hydrogen-bond acceptors (Lipinski definition) is 3. The standard InChI is InChI=1S/C10H16N2O/c1-6-3-4-9(11)8(5-6)10(12)7(2)13/h3-5,7,10,13H,11-12H2,1-2H3/t7-,10+/m0/s1. The van der Waals surface area contributed by atoms with E-state index in [9.17, 15) is 5.11 Å². The van der Waals surface area contributed by atoms with Crippen molar-refractivity contribution in [1.29, 1.82) is 0 Å². The lowest BCUT2D eigenvalue weighted by molar-refractivity contribution is 0.164. The molecule has 0 unspecified atom stereocenters. The Morgan fingerprint density at radius 2 is 2.00 bits per heavy atom. The molecule has 0 bridgehead atoms. The first kappa shape index (κ1) is 10.0. The highest BCUT2D eigenvalue weighted by Gasteiger charge is 2.14. The van der Waals surface area contributed by atoms with Gasteiger partial charge >= 0.3 is 0 Å². The van der Waals surface area contributed by atoms with Gasteiger partial charge in [0.15, 0.2) is 0 Å². The summed E-state index contributed by atoms with van der Waals surface area (Å²) in [6.07, 6.45) is -0.580. The Labute approximate surface area is 78.4 Å². The van der Waals surface area contributed by atoms with Gasteiger partial charge in [-0.05, 0) is 25.5 Å². The molecule has 0 aliphatic rings. The van der Waals surface area contributed by atoms with Crippen molar-refractivity contribution in [2.45, 2.75) is 26.0 Å². The first-order valence-corrected chi connectivity index (χ1v) is 4.32. The number of aliphatic hydroxyl groups excluding tert-OH is 1. The minimum Gasteiger partial charge on any atom is -0.398 e. The maximum Gasteiger partial charge on any atom is 0.0705 e. The quantitative estimate of drug-likeness (QED) is 0.593. The van der Waals surface area contributed by atoms with Crippen LogP contribution in [0.4, 0.5) is 5.69 Å². The van der Waals surface area contributed by atoms with Crippen molar-refractivity contribution in [2.24, 2.45) is 5.73 Å². The molecule has 0 aliphatic carbocycles. The maximum atomic E-state index is 9.31. The average molecular weight is 180 g/mol. The molecule has 5 N–H and O–H groups in total. The lowest BCUT2D eigenvalue weighted by atomic mass is 9.99. The van der Waals surface area contributed by atoms with Crippen LogP contribution >= 0.6 is 0 Å². The summed E-state index contributed by atoms with van der Waals surface area (Å²) < 4.78 is 0. The van der Waals surface area contributed by atoms with E-state index in [1.54, 1.807) is 6.92 Å². The van der Waals surface area contributed by atoms with Gasteiger partial charge in [0.1, 0.15) is 0 Å². The molecule has 0 amide bonds. The SMILES string of the molecule is Cc1ccc(N)c([C@H](N)[C@H](C)O)c1. The number of aliphatic hydroxyl groups is 1. The molecule has 0 saturated carbocycles. The van der Waals surface area contributed by atoms with Crippen LogP contribution < -0.4 is 11.5 Å². The summed E-state index contributed by atoms with van der Waals surface area (Å²) in [6, 6.07) is 5.24. The summed E-state index contributed by atoms with van der Waals surface area (Å²) in [4.78, 5) is 0. The lowest BCUT2D eigenvalue weighted by Crippen LogP contribution is -2.24. The minimum atomic E-state index is -0.580. The molecule has 0 saturated heterocycles. The van der Waals surface area contributed by atoms with Crippen molar-refractivity contribution in [3.63, 3.8) is 0 Å². The van der Waals surface area contributed by atoms with Gasteiger partial charge in [0, 0.05) is 5.69 Å². The fourth-order valence-corrected chi connectivity index (χ4v) is 1.24. The third-order valence-electron chi connectivity index (χ3n) is 2.12. The molecule has 0 aromatic heterocycles. The Morgan fingerprint density at radius 3 is 2.54 bits per heavy atom. The summed E-state index contributed by atoms with van der Waals surface area (Å²) in [5.74, 6) is 0. The van der Waals surface area contributed by atoms with Crippen LogP contribution in [-0.4, -0.2) is 11.2 Å². The topological polar surface area (TPSA) is 72.3 Å². The molecule has 1 aromatic carbocycles. The fraction of sp³-hybridized carbons (Fsp3) is 0.400. The first-order valence-electron chi connectivity index (χ1n) is 4.32. The molecular weight excluding hydrogens is 164 g/mol. The molecular formula is C10H16N2O. The molecule has 0 heterocycles. The predicted octanol–water partition coefficient (Wildman–Crippen LogP) is 0.958. The molecule has 0 fully saturated rings. The summed E-state index contributed by atoms with van der Waals surface area (Å²) in [7, 11) is 0. The highest BCUT2D eigenvalue weighted by atomic mass is 16.3. The molecule has 0 spiro atoms. The Morgan fingerprint density at radius 1 is 1.38 bits per heavy atom. The Balaban J connectivity index is 3.05. The average Bonchev–Trinajstić information content (AvgIpc) is 2.08. The van der Waals surface area contributed by atoms with E-state index < -0.39 is 12.1 Å². The Hall–Kier alpha value is -1.06. The van der Waals surface area contributed by atoms with Gasteiger partial charge in [-0.15, -0.1) is 0 Å². The van der Waals surface area contributed by atoms with Crippen LogP contribution in [0.3, 0.4) is 0 Å². The number of nitrogens with two attached hydrogens (primary N) is 2. The van der Waals surface area contributed by atoms with Crippen molar-refractivity contribution in [1.82, 2.24) is 0 Å². The minimum absolute atomic E-state index is 0.403. The monoisotopic (exact) mass is 180 g/mol. The molecule has 13 heavy (non-hydrogen) atoms. The normalized spacial score (nSPS) is 15.4. The zero-order valence-corrected chi connectivity index (χ0v) is 7.99. The molecule has 1 rings (SSSR count). The number of rotatable bonds is 2. The van der Waals surface area contributed by atoms with E-state index >= 15 is 0 Å². The van der Waals surface area contributed by atoms with Crippen LogP contribution in [0.1, 0.15) is 24.1 Å². The zero-order valence-electron chi connectivity index (χ0n) is 7.99. The van der Waals surface area contributed by atoms with Crippen LogP contribution in [0.15, 0.2) is 18.2 Å². The molecule has 3 heteroatoms. The molecule has 0 radical (unpaired) electrons. The van der Waals surface area contributed by atoms with E-state index in [0.717, 1.165) is 11.1 Å². The van der Waals surface area contributed by atoms with E-state index in [2.05, 4.69) is 0 Å². The summed E-state index contributed by atoms with van der Waals surface area (Å²) in [6.45, 7) is 3.63. The second kappa shape index (κ2) is 3.77. The maximum absolute atomic E-state index is 9.31. The van der Waals surface area contributed by atoms with Crippen LogP contribution in [0.2, 0.25) is 0 Å². The molecule has 3 nitrogen and oxygen atoms in total. The largest absolute Gasteiger partial charge is 0.398 e. The number of benzene rings is 1. The second-order valence-corrected chi connectivity index (χ2v) is 3.40. The van der Waals surface area contributed by atoms with Crippen molar-refractivity contribution in [3.8, 4) is 0 Å². The zero-order chi connectivity index (χ0) is 10.0. The Kier molecular flexibility index (Phi) is 2.90. The fourth-order valence-electron chi connectivity index (χ4n) is 1.24. The van der Waals surface area contributed by atoms with Crippen LogP contribution in [0.5, 0.6) is 0 Å². The summed E-state index contributed by atoms with van der Waals surface area (Å²) >= 11 is 0. The van der Waals surface area contributed by atoms with Gasteiger partial charge in [-0.25, -0.2) is 0 Å². The van der Waals surface area contributed by atoms with E-state index in [4.69, 9.17) is 11.5 Å². The summed E-state index contributed by atoms with van der Waals surface area (Å²) in [5.41, 5.74) is 14.1. The number of nitrogen functional groups attached to an aromatic ring is 1. The highest BCUT2D eigenvalue weighted by molar-refractivity contribution is 5.50.